The van der Waals surface area contributed by atoms with E-state index in [1.807, 2.05) is 42.5 Å². The Morgan fingerprint density at radius 3 is 2.29 bits per heavy atom. The molecule has 3 amide bonds. The third-order valence-corrected chi connectivity index (χ3v) is 8.46. The van der Waals surface area contributed by atoms with E-state index in [0.29, 0.717) is 29.2 Å². The molecule has 0 saturated heterocycles. The molecule has 10 heteroatoms. The summed E-state index contributed by atoms with van der Waals surface area (Å²) in [6, 6.07) is 21.0. The van der Waals surface area contributed by atoms with Gasteiger partial charge in [-0.3, -0.25) is 24.4 Å². The third-order valence-electron chi connectivity index (χ3n) is 8.46. The number of amides is 3. The lowest BCUT2D eigenvalue weighted by Gasteiger charge is -2.53. The van der Waals surface area contributed by atoms with Crippen LogP contribution >= 0.6 is 0 Å². The van der Waals surface area contributed by atoms with Crippen molar-refractivity contribution >= 4 is 23.4 Å². The maximum absolute atomic E-state index is 13.3. The molecule has 10 nitrogen and oxygen atoms in total. The molecule has 1 spiro atoms. The number of carbonyl (C=O) groups is 3. The third kappa shape index (κ3) is 5.21. The van der Waals surface area contributed by atoms with E-state index in [1.54, 1.807) is 25.1 Å². The number of aromatic amines is 1. The van der Waals surface area contributed by atoms with E-state index in [1.165, 1.54) is 17.5 Å². The molecule has 216 valence electrons. The van der Waals surface area contributed by atoms with Crippen LogP contribution in [0.3, 0.4) is 0 Å². The minimum atomic E-state index is -0.260. The molecule has 0 bridgehead atoms. The number of aromatic nitrogens is 3. The van der Waals surface area contributed by atoms with Gasteiger partial charge in [-0.25, -0.2) is 0 Å². The highest BCUT2D eigenvalue weighted by atomic mass is 16.2. The smallest absolute Gasteiger partial charge is 0.273 e. The quantitative estimate of drug-likeness (QED) is 0.299. The average Bonchev–Trinajstić information content (AvgIpc) is 3.67. The molecule has 0 unspecified atom stereocenters. The number of benzene rings is 2. The molecule has 1 aliphatic heterocycles. The second-order valence-corrected chi connectivity index (χ2v) is 11.3. The van der Waals surface area contributed by atoms with Crippen LogP contribution in [0.1, 0.15) is 67.4 Å². The fraction of sp³-hybridized carbons (Fsp3) is 0.312. The van der Waals surface area contributed by atoms with Gasteiger partial charge >= 0.3 is 0 Å². The Kier molecular flexibility index (Phi) is 7.38. The van der Waals surface area contributed by atoms with E-state index < -0.39 is 0 Å². The SMILES string of the molecule is CN(C)C(=O)c1ccc(CN2CCn3c(C(=O)NCc4ccc(NC(=O)c5ccn[nH]5)cc4)ccc3C23CCC3)cc1. The van der Waals surface area contributed by atoms with Crippen LogP contribution in [-0.2, 0) is 25.2 Å². The van der Waals surface area contributed by atoms with Crippen LogP contribution in [-0.4, -0.2) is 62.9 Å². The Morgan fingerprint density at radius 2 is 1.64 bits per heavy atom. The predicted octanol–water partition coefficient (Wildman–Crippen LogP) is 3.99. The van der Waals surface area contributed by atoms with Crippen molar-refractivity contribution in [1.82, 2.24) is 29.9 Å². The molecule has 6 rings (SSSR count). The van der Waals surface area contributed by atoms with E-state index >= 15 is 0 Å². The molecule has 1 aliphatic carbocycles. The van der Waals surface area contributed by atoms with Crippen molar-refractivity contribution < 1.29 is 14.4 Å². The van der Waals surface area contributed by atoms with Crippen LogP contribution < -0.4 is 10.6 Å². The fourth-order valence-corrected chi connectivity index (χ4v) is 6.02. The summed E-state index contributed by atoms with van der Waals surface area (Å²) in [7, 11) is 3.53. The summed E-state index contributed by atoms with van der Waals surface area (Å²) in [6.45, 7) is 2.79. The lowest BCUT2D eigenvalue weighted by atomic mass is 9.71. The molecule has 4 aromatic rings. The van der Waals surface area contributed by atoms with E-state index in [4.69, 9.17) is 0 Å². The lowest BCUT2D eigenvalue weighted by Crippen LogP contribution is -2.56. The molecular weight excluding hydrogens is 530 g/mol. The minimum Gasteiger partial charge on any atom is -0.347 e. The Morgan fingerprint density at radius 1 is 0.905 bits per heavy atom. The lowest BCUT2D eigenvalue weighted by molar-refractivity contribution is -0.0217. The van der Waals surface area contributed by atoms with Gasteiger partial charge in [0.15, 0.2) is 0 Å². The molecule has 2 aromatic carbocycles. The predicted molar refractivity (Wildman–Crippen MR) is 159 cm³/mol. The second-order valence-electron chi connectivity index (χ2n) is 11.3. The van der Waals surface area contributed by atoms with Gasteiger partial charge in [0.1, 0.15) is 11.4 Å². The average molecular weight is 566 g/mol. The van der Waals surface area contributed by atoms with Gasteiger partial charge < -0.3 is 20.1 Å². The maximum atomic E-state index is 13.3. The van der Waals surface area contributed by atoms with Gasteiger partial charge in [-0.15, -0.1) is 0 Å². The highest BCUT2D eigenvalue weighted by Crippen LogP contribution is 2.49. The zero-order chi connectivity index (χ0) is 29.3. The first kappa shape index (κ1) is 27.5. The van der Waals surface area contributed by atoms with Crippen LogP contribution in [0.15, 0.2) is 72.9 Å². The second kappa shape index (κ2) is 11.3. The zero-order valence-corrected chi connectivity index (χ0v) is 23.9. The first-order chi connectivity index (χ1) is 20.3. The first-order valence-corrected chi connectivity index (χ1v) is 14.3. The Hall–Kier alpha value is -4.70. The summed E-state index contributed by atoms with van der Waals surface area (Å²) in [5, 5.41) is 12.3. The van der Waals surface area contributed by atoms with Crippen molar-refractivity contribution in [3.63, 3.8) is 0 Å². The number of anilines is 1. The van der Waals surface area contributed by atoms with E-state index in [9.17, 15) is 14.4 Å². The molecule has 2 aromatic heterocycles. The monoisotopic (exact) mass is 565 g/mol. The van der Waals surface area contributed by atoms with Gasteiger partial charge in [-0.2, -0.15) is 5.10 Å². The van der Waals surface area contributed by atoms with Crippen molar-refractivity contribution in [2.24, 2.45) is 0 Å². The number of hydrogen-bond donors (Lipinski definition) is 3. The normalized spacial score (nSPS) is 15.5. The topological polar surface area (TPSA) is 115 Å². The number of carbonyl (C=O) groups excluding carboxylic acids is 3. The van der Waals surface area contributed by atoms with Crippen LogP contribution in [0, 0.1) is 0 Å². The molecule has 0 atom stereocenters. The molecular formula is C32H35N7O3. The zero-order valence-electron chi connectivity index (χ0n) is 23.9. The summed E-state index contributed by atoms with van der Waals surface area (Å²) in [4.78, 5) is 41.9. The van der Waals surface area contributed by atoms with Crippen LogP contribution in [0.25, 0.3) is 0 Å². The first-order valence-electron chi connectivity index (χ1n) is 14.3. The highest BCUT2D eigenvalue weighted by molar-refractivity contribution is 6.02. The standard InChI is InChI=1S/C32H35N7O3/c1-37(2)31(42)24-8-4-23(5-9-24)21-38-18-19-39-27(12-13-28(39)32(38)15-3-16-32)30(41)33-20-22-6-10-25(11-7-22)35-29(40)26-14-17-34-36-26/h4-14,17H,3,15-16,18-21H2,1-2H3,(H,33,41)(H,34,36)(H,35,40). The molecule has 3 heterocycles. The summed E-state index contributed by atoms with van der Waals surface area (Å²) < 4.78 is 2.19. The van der Waals surface area contributed by atoms with Crippen LogP contribution in [0.5, 0.6) is 0 Å². The number of fused-ring (bicyclic) bond motifs is 2. The maximum Gasteiger partial charge on any atom is 0.273 e. The van der Waals surface area contributed by atoms with Crippen molar-refractivity contribution in [3.8, 4) is 0 Å². The summed E-state index contributed by atoms with van der Waals surface area (Å²) in [5.41, 5.74) is 5.70. The van der Waals surface area contributed by atoms with Crippen molar-refractivity contribution in [3.05, 3.63) is 107 Å². The molecule has 2 aliphatic rings. The van der Waals surface area contributed by atoms with Crippen LogP contribution in [0.4, 0.5) is 5.69 Å². The highest BCUT2D eigenvalue weighted by Gasteiger charge is 2.48. The minimum absolute atomic E-state index is 0.00503. The van der Waals surface area contributed by atoms with Crippen molar-refractivity contribution in [2.75, 3.05) is 26.0 Å². The molecule has 0 radical (unpaired) electrons. The molecule has 3 N–H and O–H groups in total. The van der Waals surface area contributed by atoms with Crippen molar-refractivity contribution in [2.45, 2.75) is 44.4 Å². The Labute approximate surface area is 244 Å². The van der Waals surface area contributed by atoms with Crippen molar-refractivity contribution in [1.29, 1.82) is 0 Å². The van der Waals surface area contributed by atoms with Gasteiger partial charge in [0.05, 0.1) is 5.54 Å². The number of nitrogens with one attached hydrogen (secondary N) is 3. The Balaban J connectivity index is 1.09. The molecule has 1 fully saturated rings. The number of rotatable bonds is 8. The molecule has 1 saturated carbocycles. The van der Waals surface area contributed by atoms with Gasteiger partial charge in [0.25, 0.3) is 17.7 Å². The molecule has 42 heavy (non-hydrogen) atoms. The van der Waals surface area contributed by atoms with E-state index in [2.05, 4.69) is 48.5 Å². The van der Waals surface area contributed by atoms with Gasteiger partial charge in [-0.05, 0) is 72.9 Å². The summed E-state index contributed by atoms with van der Waals surface area (Å²) in [5.74, 6) is -0.351. The van der Waals surface area contributed by atoms with E-state index in [0.717, 1.165) is 44.5 Å². The van der Waals surface area contributed by atoms with Crippen LogP contribution in [0.2, 0.25) is 0 Å². The number of nitrogens with zero attached hydrogens (tertiary/aromatic N) is 4. The van der Waals surface area contributed by atoms with E-state index in [-0.39, 0.29) is 23.3 Å². The van der Waals surface area contributed by atoms with Gasteiger partial charge in [0, 0.05) is 63.4 Å². The fourth-order valence-electron chi connectivity index (χ4n) is 6.02. The largest absolute Gasteiger partial charge is 0.347 e. The van der Waals surface area contributed by atoms with Gasteiger partial charge in [0.2, 0.25) is 0 Å². The Bertz CT molecular complexity index is 1580. The van der Waals surface area contributed by atoms with Gasteiger partial charge in [-0.1, -0.05) is 24.3 Å². The summed E-state index contributed by atoms with van der Waals surface area (Å²) >= 11 is 0. The number of hydrogen-bond acceptors (Lipinski definition) is 5. The summed E-state index contributed by atoms with van der Waals surface area (Å²) in [6.07, 6.45) is 4.83. The number of H-pyrrole nitrogens is 1.